The summed E-state index contributed by atoms with van der Waals surface area (Å²) < 4.78 is 4.73. The van der Waals surface area contributed by atoms with Gasteiger partial charge in [0.15, 0.2) is 0 Å². The topological polar surface area (TPSA) is 49.8 Å². The number of ether oxygens (including phenoxy) is 1. The van der Waals surface area contributed by atoms with E-state index in [-0.39, 0.29) is 31.1 Å². The maximum Gasteiger partial charge on any atom is 0.319 e. The summed E-state index contributed by atoms with van der Waals surface area (Å²) in [4.78, 5) is 13.5. The molecule has 1 N–H and O–H groups in total. The third-order valence-corrected chi connectivity index (χ3v) is 3.21. The molecule has 0 aliphatic heterocycles. The van der Waals surface area contributed by atoms with Crippen LogP contribution in [0.25, 0.3) is 0 Å². The second kappa shape index (κ2) is 7.92. The van der Waals surface area contributed by atoms with Gasteiger partial charge < -0.3 is 9.84 Å². The number of carbonyl (C=O) groups excluding carboxylic acids is 1. The number of hydrogen-bond acceptors (Lipinski definition) is 4. The van der Waals surface area contributed by atoms with Gasteiger partial charge in [0.1, 0.15) is 0 Å². The Bertz CT molecular complexity index is 378. The van der Waals surface area contributed by atoms with E-state index in [4.69, 9.17) is 4.74 Å². The Hall–Kier alpha value is -1.39. The number of nitrogens with zero attached hydrogens (tertiary/aromatic N) is 1. The van der Waals surface area contributed by atoms with E-state index in [0.717, 1.165) is 5.56 Å². The zero-order valence-corrected chi connectivity index (χ0v) is 11.9. The first-order valence-corrected chi connectivity index (χ1v) is 6.54. The number of carbonyl (C=O) groups is 1. The van der Waals surface area contributed by atoms with E-state index in [1.807, 2.05) is 49.1 Å². The smallest absolute Gasteiger partial charge is 0.319 e. The summed E-state index contributed by atoms with van der Waals surface area (Å²) >= 11 is 0. The normalized spacial score (nSPS) is 12.7. The highest BCUT2D eigenvalue weighted by molar-refractivity contribution is 5.71. The molecule has 0 bridgehead atoms. The van der Waals surface area contributed by atoms with Gasteiger partial charge in [0, 0.05) is 12.6 Å². The maximum atomic E-state index is 11.5. The van der Waals surface area contributed by atoms with Gasteiger partial charge in [-0.1, -0.05) is 44.2 Å². The molecule has 19 heavy (non-hydrogen) atoms. The number of aliphatic hydroxyl groups excluding tert-OH is 1. The van der Waals surface area contributed by atoms with Crippen LogP contribution in [-0.4, -0.2) is 42.3 Å². The van der Waals surface area contributed by atoms with Crippen LogP contribution in [0.1, 0.15) is 19.4 Å². The molecule has 0 aromatic heterocycles. The average molecular weight is 265 g/mol. The molecule has 106 valence electrons. The lowest BCUT2D eigenvalue weighted by Gasteiger charge is -2.32. The molecule has 0 radical (unpaired) electrons. The van der Waals surface area contributed by atoms with Crippen molar-refractivity contribution in [1.29, 1.82) is 0 Å². The van der Waals surface area contributed by atoms with Crippen molar-refractivity contribution < 1.29 is 14.6 Å². The van der Waals surface area contributed by atoms with Gasteiger partial charge in [-0.3, -0.25) is 9.69 Å². The highest BCUT2D eigenvalue weighted by Crippen LogP contribution is 2.14. The van der Waals surface area contributed by atoms with Gasteiger partial charge in [0.2, 0.25) is 0 Å². The minimum Gasteiger partial charge on any atom is -0.468 e. The molecule has 4 nitrogen and oxygen atoms in total. The van der Waals surface area contributed by atoms with Crippen LogP contribution < -0.4 is 0 Å². The second-order valence-corrected chi connectivity index (χ2v) is 4.96. The van der Waals surface area contributed by atoms with Crippen LogP contribution in [0.5, 0.6) is 0 Å². The SMILES string of the molecule is COC(=O)CN(Cc1ccccc1)C(CO)C(C)C. The number of aliphatic hydroxyl groups is 1. The van der Waals surface area contributed by atoms with E-state index < -0.39 is 0 Å². The summed E-state index contributed by atoms with van der Waals surface area (Å²) in [6, 6.07) is 9.86. The minimum atomic E-state index is -0.282. The molecule has 0 spiro atoms. The fourth-order valence-corrected chi connectivity index (χ4v) is 2.09. The molecule has 1 aromatic carbocycles. The summed E-state index contributed by atoms with van der Waals surface area (Å²) in [5, 5.41) is 9.54. The average Bonchev–Trinajstić information content (AvgIpc) is 2.40. The van der Waals surface area contributed by atoms with E-state index in [2.05, 4.69) is 0 Å². The highest BCUT2D eigenvalue weighted by atomic mass is 16.5. The molecule has 1 aromatic rings. The zero-order chi connectivity index (χ0) is 14.3. The standard InChI is InChI=1S/C15H23NO3/c1-12(2)14(11-17)16(10-15(18)19-3)9-13-7-5-4-6-8-13/h4-8,12,14,17H,9-11H2,1-3H3. The number of esters is 1. The molecule has 0 amide bonds. The van der Waals surface area contributed by atoms with Gasteiger partial charge in [-0.05, 0) is 11.5 Å². The Kier molecular flexibility index (Phi) is 6.53. The van der Waals surface area contributed by atoms with Gasteiger partial charge >= 0.3 is 5.97 Å². The Balaban J connectivity index is 2.82. The van der Waals surface area contributed by atoms with Crippen LogP contribution in [0, 0.1) is 5.92 Å². The van der Waals surface area contributed by atoms with Crippen LogP contribution in [-0.2, 0) is 16.1 Å². The fraction of sp³-hybridized carbons (Fsp3) is 0.533. The van der Waals surface area contributed by atoms with E-state index in [1.54, 1.807) is 0 Å². The molecule has 0 aliphatic carbocycles. The molecule has 0 aliphatic rings. The second-order valence-electron chi connectivity index (χ2n) is 4.96. The maximum absolute atomic E-state index is 11.5. The number of benzene rings is 1. The summed E-state index contributed by atoms with van der Waals surface area (Å²) in [5.74, 6) is -0.0200. The molecule has 4 heteroatoms. The largest absolute Gasteiger partial charge is 0.468 e. The van der Waals surface area contributed by atoms with Crippen molar-refractivity contribution >= 4 is 5.97 Å². The summed E-state index contributed by atoms with van der Waals surface area (Å²) in [6.07, 6.45) is 0. The number of hydrogen-bond donors (Lipinski definition) is 1. The van der Waals surface area contributed by atoms with Crippen LogP contribution in [0.4, 0.5) is 0 Å². The lowest BCUT2D eigenvalue weighted by atomic mass is 10.0. The minimum absolute atomic E-state index is 0.0293. The van der Waals surface area contributed by atoms with Gasteiger partial charge in [-0.25, -0.2) is 0 Å². The third kappa shape index (κ3) is 5.01. The fourth-order valence-electron chi connectivity index (χ4n) is 2.09. The van der Waals surface area contributed by atoms with E-state index >= 15 is 0 Å². The molecule has 0 fully saturated rings. The van der Waals surface area contributed by atoms with Crippen molar-refractivity contribution in [2.45, 2.75) is 26.4 Å². The van der Waals surface area contributed by atoms with Crippen LogP contribution in [0.3, 0.4) is 0 Å². The van der Waals surface area contributed by atoms with E-state index in [0.29, 0.717) is 6.54 Å². The lowest BCUT2D eigenvalue weighted by molar-refractivity contribution is -0.143. The molecule has 1 atom stereocenters. The van der Waals surface area contributed by atoms with Crippen molar-refractivity contribution in [3.05, 3.63) is 35.9 Å². The Morgan fingerprint density at radius 1 is 1.32 bits per heavy atom. The Labute approximate surface area is 115 Å². The molecular weight excluding hydrogens is 242 g/mol. The van der Waals surface area contributed by atoms with Crippen molar-refractivity contribution in [2.24, 2.45) is 5.92 Å². The lowest BCUT2D eigenvalue weighted by Crippen LogP contribution is -2.44. The van der Waals surface area contributed by atoms with Crippen molar-refractivity contribution in [3.8, 4) is 0 Å². The van der Waals surface area contributed by atoms with Crippen LogP contribution in [0.15, 0.2) is 30.3 Å². The quantitative estimate of drug-likeness (QED) is 0.762. The van der Waals surface area contributed by atoms with Gasteiger partial charge in [-0.2, -0.15) is 0 Å². The first-order valence-electron chi connectivity index (χ1n) is 6.54. The Morgan fingerprint density at radius 2 is 1.95 bits per heavy atom. The van der Waals surface area contributed by atoms with Crippen molar-refractivity contribution in [3.63, 3.8) is 0 Å². The highest BCUT2D eigenvalue weighted by Gasteiger charge is 2.23. The van der Waals surface area contributed by atoms with Crippen LogP contribution in [0.2, 0.25) is 0 Å². The summed E-state index contributed by atoms with van der Waals surface area (Å²) in [7, 11) is 1.38. The van der Waals surface area contributed by atoms with Crippen molar-refractivity contribution in [2.75, 3.05) is 20.3 Å². The van der Waals surface area contributed by atoms with Crippen LogP contribution >= 0.6 is 0 Å². The third-order valence-electron chi connectivity index (χ3n) is 3.21. The molecular formula is C15H23NO3. The molecule has 1 unspecified atom stereocenters. The predicted octanol–water partition coefficient (Wildman–Crippen LogP) is 1.68. The number of methoxy groups -OCH3 is 1. The molecule has 1 rings (SSSR count). The molecule has 0 saturated heterocycles. The first-order chi connectivity index (χ1) is 9.08. The Morgan fingerprint density at radius 3 is 2.42 bits per heavy atom. The number of rotatable bonds is 7. The molecule has 0 heterocycles. The summed E-state index contributed by atoms with van der Waals surface area (Å²) in [6.45, 7) is 4.92. The van der Waals surface area contributed by atoms with Gasteiger partial charge in [0.05, 0.1) is 20.3 Å². The molecule has 0 saturated carbocycles. The van der Waals surface area contributed by atoms with Gasteiger partial charge in [0.25, 0.3) is 0 Å². The first kappa shape index (κ1) is 15.7. The van der Waals surface area contributed by atoms with E-state index in [9.17, 15) is 9.90 Å². The van der Waals surface area contributed by atoms with Gasteiger partial charge in [-0.15, -0.1) is 0 Å². The predicted molar refractivity (Wildman–Crippen MR) is 74.6 cm³/mol. The van der Waals surface area contributed by atoms with Crippen molar-refractivity contribution in [1.82, 2.24) is 4.90 Å². The zero-order valence-electron chi connectivity index (χ0n) is 11.9. The summed E-state index contributed by atoms with van der Waals surface area (Å²) in [5.41, 5.74) is 1.12. The van der Waals surface area contributed by atoms with E-state index in [1.165, 1.54) is 7.11 Å². The monoisotopic (exact) mass is 265 g/mol.